The van der Waals surface area contributed by atoms with Crippen molar-refractivity contribution in [3.63, 3.8) is 0 Å². The first-order chi connectivity index (χ1) is 16.1. The van der Waals surface area contributed by atoms with Crippen molar-refractivity contribution in [3.8, 4) is 5.75 Å². The number of esters is 1. The van der Waals surface area contributed by atoms with E-state index >= 15 is 0 Å². The Bertz CT molecular complexity index is 1270. The van der Waals surface area contributed by atoms with Gasteiger partial charge in [0.25, 0.3) is 0 Å². The summed E-state index contributed by atoms with van der Waals surface area (Å²) in [5, 5.41) is 0. The fraction of sp³-hybridized carbons (Fsp3) is 0.346. The standard InChI is InChI=1S/C26H30N4O3/c1-3-4-5-6-11-16-33-26(31)22-23-25(29-20-14-9-8-13-19(20)28-23)30(24(22)27)17-18-12-7-10-15-21(18)32-2/h7-10,12-15H,3-6,11,16-17,27H2,1-2H3. The lowest BCUT2D eigenvalue weighted by Gasteiger charge is -2.11. The van der Waals surface area contributed by atoms with Crippen molar-refractivity contribution in [1.82, 2.24) is 14.5 Å². The predicted octanol–water partition coefficient (Wildman–Crippen LogP) is 5.35. The van der Waals surface area contributed by atoms with Crippen LogP contribution < -0.4 is 10.5 Å². The second-order valence-electron chi connectivity index (χ2n) is 8.09. The summed E-state index contributed by atoms with van der Waals surface area (Å²) in [4.78, 5) is 22.6. The van der Waals surface area contributed by atoms with E-state index in [9.17, 15) is 4.79 Å². The molecular formula is C26H30N4O3. The number of fused-ring (bicyclic) bond motifs is 2. The number of anilines is 1. The topological polar surface area (TPSA) is 92.3 Å². The number of unbranched alkanes of at least 4 members (excludes halogenated alkanes) is 4. The van der Waals surface area contributed by atoms with Gasteiger partial charge in [-0.25, -0.2) is 14.8 Å². The third kappa shape index (κ3) is 4.77. The Balaban J connectivity index is 1.72. The molecule has 0 saturated heterocycles. The maximum absolute atomic E-state index is 13.1. The lowest BCUT2D eigenvalue weighted by Crippen LogP contribution is -2.11. The van der Waals surface area contributed by atoms with Gasteiger partial charge in [-0.2, -0.15) is 0 Å². The second-order valence-corrected chi connectivity index (χ2v) is 8.09. The van der Waals surface area contributed by atoms with Crippen molar-refractivity contribution in [2.45, 2.75) is 45.6 Å². The number of nitrogen functional groups attached to an aromatic ring is 1. The number of rotatable bonds is 10. The first kappa shape index (κ1) is 22.6. The molecule has 33 heavy (non-hydrogen) atoms. The van der Waals surface area contributed by atoms with Gasteiger partial charge in [0.05, 0.1) is 31.3 Å². The van der Waals surface area contributed by atoms with Crippen LogP contribution in [0.4, 0.5) is 5.82 Å². The van der Waals surface area contributed by atoms with Gasteiger partial charge in [-0.3, -0.25) is 0 Å². The molecule has 4 aromatic rings. The SMILES string of the molecule is CCCCCCCOC(=O)c1c(N)n(Cc2ccccc2OC)c2nc3ccccc3nc12. The summed E-state index contributed by atoms with van der Waals surface area (Å²) in [5.74, 6) is 0.572. The average molecular weight is 447 g/mol. The average Bonchev–Trinajstić information content (AvgIpc) is 3.10. The molecule has 0 aliphatic heterocycles. The van der Waals surface area contributed by atoms with E-state index in [2.05, 4.69) is 6.92 Å². The smallest absolute Gasteiger partial charge is 0.344 e. The van der Waals surface area contributed by atoms with Gasteiger partial charge >= 0.3 is 5.97 Å². The van der Waals surface area contributed by atoms with Crippen molar-refractivity contribution >= 4 is 34.0 Å². The normalized spacial score (nSPS) is 11.2. The number of ether oxygens (including phenoxy) is 2. The Labute approximate surface area is 193 Å². The molecule has 172 valence electrons. The van der Waals surface area contributed by atoms with E-state index in [0.717, 1.165) is 36.1 Å². The molecular weight excluding hydrogens is 416 g/mol. The van der Waals surface area contributed by atoms with E-state index < -0.39 is 5.97 Å². The van der Waals surface area contributed by atoms with Crippen molar-refractivity contribution < 1.29 is 14.3 Å². The van der Waals surface area contributed by atoms with E-state index in [1.54, 1.807) is 7.11 Å². The molecule has 4 rings (SSSR count). The number of nitrogens with zero attached hydrogens (tertiary/aromatic N) is 3. The van der Waals surface area contributed by atoms with Gasteiger partial charge in [0.1, 0.15) is 22.6 Å². The third-order valence-electron chi connectivity index (χ3n) is 5.80. The van der Waals surface area contributed by atoms with E-state index in [0.29, 0.717) is 35.7 Å². The summed E-state index contributed by atoms with van der Waals surface area (Å²) in [6.45, 7) is 2.93. The summed E-state index contributed by atoms with van der Waals surface area (Å²) in [5.41, 5.74) is 10.2. The Morgan fingerprint density at radius 1 is 0.970 bits per heavy atom. The molecule has 7 nitrogen and oxygen atoms in total. The predicted molar refractivity (Wildman–Crippen MR) is 131 cm³/mol. The zero-order valence-electron chi connectivity index (χ0n) is 19.2. The lowest BCUT2D eigenvalue weighted by atomic mass is 10.2. The van der Waals surface area contributed by atoms with Crippen LogP contribution in [-0.4, -0.2) is 34.2 Å². The number of hydrogen-bond acceptors (Lipinski definition) is 6. The minimum atomic E-state index is -0.462. The minimum Gasteiger partial charge on any atom is -0.496 e. The summed E-state index contributed by atoms with van der Waals surface area (Å²) in [7, 11) is 1.63. The maximum atomic E-state index is 13.1. The summed E-state index contributed by atoms with van der Waals surface area (Å²) in [6.07, 6.45) is 5.39. The molecule has 0 spiro atoms. The fourth-order valence-corrected chi connectivity index (χ4v) is 4.02. The fourth-order valence-electron chi connectivity index (χ4n) is 4.02. The van der Waals surface area contributed by atoms with Crippen molar-refractivity contribution in [2.24, 2.45) is 0 Å². The van der Waals surface area contributed by atoms with Gasteiger partial charge in [0.15, 0.2) is 5.65 Å². The number of carbonyl (C=O) groups is 1. The monoisotopic (exact) mass is 446 g/mol. The molecule has 0 unspecified atom stereocenters. The van der Waals surface area contributed by atoms with Crippen molar-refractivity contribution in [2.75, 3.05) is 19.5 Å². The molecule has 0 radical (unpaired) electrons. The number of benzene rings is 2. The molecule has 0 aliphatic rings. The largest absolute Gasteiger partial charge is 0.496 e. The zero-order chi connectivity index (χ0) is 23.2. The highest BCUT2D eigenvalue weighted by atomic mass is 16.5. The molecule has 2 aromatic carbocycles. The van der Waals surface area contributed by atoms with Crippen LogP contribution in [0.5, 0.6) is 5.75 Å². The van der Waals surface area contributed by atoms with E-state index in [4.69, 9.17) is 25.2 Å². The Kier molecular flexibility index (Phi) is 7.07. The molecule has 0 amide bonds. The van der Waals surface area contributed by atoms with E-state index in [1.165, 1.54) is 12.8 Å². The Morgan fingerprint density at radius 3 is 2.42 bits per heavy atom. The zero-order valence-corrected chi connectivity index (χ0v) is 19.2. The Morgan fingerprint density at radius 2 is 1.67 bits per heavy atom. The first-order valence-electron chi connectivity index (χ1n) is 11.5. The van der Waals surface area contributed by atoms with Crippen LogP contribution in [0.1, 0.15) is 54.9 Å². The second kappa shape index (κ2) is 10.3. The van der Waals surface area contributed by atoms with E-state index in [1.807, 2.05) is 53.1 Å². The molecule has 2 N–H and O–H groups in total. The van der Waals surface area contributed by atoms with Crippen LogP contribution in [0.2, 0.25) is 0 Å². The molecule has 2 heterocycles. The van der Waals surface area contributed by atoms with Crippen LogP contribution in [0.25, 0.3) is 22.2 Å². The van der Waals surface area contributed by atoms with Crippen LogP contribution in [0.3, 0.4) is 0 Å². The number of carbonyl (C=O) groups excluding carboxylic acids is 1. The highest BCUT2D eigenvalue weighted by Crippen LogP contribution is 2.31. The highest BCUT2D eigenvalue weighted by molar-refractivity contribution is 6.08. The molecule has 0 fully saturated rings. The number of nitrogens with two attached hydrogens (primary N) is 1. The quantitative estimate of drug-likeness (QED) is 0.261. The van der Waals surface area contributed by atoms with Crippen LogP contribution >= 0.6 is 0 Å². The van der Waals surface area contributed by atoms with Crippen LogP contribution in [0.15, 0.2) is 48.5 Å². The number of para-hydroxylation sites is 3. The van der Waals surface area contributed by atoms with Gasteiger partial charge in [0.2, 0.25) is 0 Å². The first-order valence-corrected chi connectivity index (χ1v) is 11.5. The van der Waals surface area contributed by atoms with Crippen LogP contribution in [0, 0.1) is 0 Å². The number of hydrogen-bond donors (Lipinski definition) is 1. The molecule has 0 bridgehead atoms. The third-order valence-corrected chi connectivity index (χ3v) is 5.80. The van der Waals surface area contributed by atoms with Crippen molar-refractivity contribution in [1.29, 1.82) is 0 Å². The number of aromatic nitrogens is 3. The summed E-state index contributed by atoms with van der Waals surface area (Å²) < 4.78 is 12.9. The van der Waals surface area contributed by atoms with Crippen molar-refractivity contribution in [3.05, 3.63) is 59.7 Å². The van der Waals surface area contributed by atoms with E-state index in [-0.39, 0.29) is 5.56 Å². The van der Waals surface area contributed by atoms with Gasteiger partial charge in [-0.15, -0.1) is 0 Å². The van der Waals surface area contributed by atoms with Gasteiger partial charge < -0.3 is 19.8 Å². The van der Waals surface area contributed by atoms with Gasteiger partial charge in [0, 0.05) is 5.56 Å². The molecule has 7 heteroatoms. The number of methoxy groups -OCH3 is 1. The minimum absolute atomic E-state index is 0.270. The van der Waals surface area contributed by atoms with Gasteiger partial charge in [-0.1, -0.05) is 62.9 Å². The molecule has 0 atom stereocenters. The Hall–Kier alpha value is -3.61. The molecule has 2 aromatic heterocycles. The molecule has 0 aliphatic carbocycles. The molecule has 0 saturated carbocycles. The summed E-state index contributed by atoms with van der Waals surface area (Å²) in [6, 6.07) is 15.3. The summed E-state index contributed by atoms with van der Waals surface area (Å²) >= 11 is 0. The lowest BCUT2D eigenvalue weighted by molar-refractivity contribution is 0.0501. The maximum Gasteiger partial charge on any atom is 0.344 e. The highest BCUT2D eigenvalue weighted by Gasteiger charge is 2.25. The van der Waals surface area contributed by atoms with Crippen LogP contribution in [-0.2, 0) is 11.3 Å². The van der Waals surface area contributed by atoms with Gasteiger partial charge in [-0.05, 0) is 24.6 Å².